The molecule has 104 valence electrons. The van der Waals surface area contributed by atoms with E-state index in [1.165, 1.54) is 17.1 Å². The van der Waals surface area contributed by atoms with Crippen LogP contribution in [0, 0.1) is 6.92 Å². The highest BCUT2D eigenvalue weighted by Gasteiger charge is 2.18. The minimum atomic E-state index is -3.69. The second kappa shape index (κ2) is 5.63. The van der Waals surface area contributed by atoms with Crippen molar-refractivity contribution < 1.29 is 13.5 Å². The summed E-state index contributed by atoms with van der Waals surface area (Å²) in [6.45, 7) is 2.23. The number of nitrogens with zero attached hydrogens (tertiary/aromatic N) is 4. The van der Waals surface area contributed by atoms with Gasteiger partial charge in [0.1, 0.15) is 9.90 Å². The van der Waals surface area contributed by atoms with Gasteiger partial charge in [0.2, 0.25) is 5.13 Å². The lowest BCUT2D eigenvalue weighted by Crippen LogP contribution is -2.12. The summed E-state index contributed by atoms with van der Waals surface area (Å²) in [5.74, 6) is 0. The topological polar surface area (TPSA) is 110 Å². The van der Waals surface area contributed by atoms with E-state index >= 15 is 0 Å². The van der Waals surface area contributed by atoms with Crippen molar-refractivity contribution >= 4 is 26.5 Å². The van der Waals surface area contributed by atoms with Crippen LogP contribution in [-0.4, -0.2) is 40.1 Å². The molecule has 19 heavy (non-hydrogen) atoms. The number of anilines is 1. The van der Waals surface area contributed by atoms with Gasteiger partial charge in [-0.25, -0.2) is 8.42 Å². The van der Waals surface area contributed by atoms with E-state index < -0.39 is 10.0 Å². The molecule has 0 saturated heterocycles. The van der Waals surface area contributed by atoms with Crippen LogP contribution in [0.2, 0.25) is 0 Å². The largest absolute Gasteiger partial charge is 0.396 e. The summed E-state index contributed by atoms with van der Waals surface area (Å²) in [4.78, 5) is 0.0540. The fourth-order valence-electron chi connectivity index (χ4n) is 1.35. The summed E-state index contributed by atoms with van der Waals surface area (Å²) in [6.07, 6.45) is 3.18. The standard InChI is InChI=1S/C9H13N5O3S2/c1-7-11-12-9(18-7)13-19(16,17)8-5-10-14(6-8)3-2-4-15/h5-6,15H,2-4H2,1H3,(H,12,13). The Labute approximate surface area is 114 Å². The summed E-state index contributed by atoms with van der Waals surface area (Å²) in [6, 6.07) is 0. The number of hydrogen-bond donors (Lipinski definition) is 2. The Bertz CT molecular complexity index is 648. The zero-order valence-corrected chi connectivity index (χ0v) is 11.8. The first-order valence-corrected chi connectivity index (χ1v) is 7.77. The highest BCUT2D eigenvalue weighted by atomic mass is 32.2. The molecular formula is C9H13N5O3S2. The summed E-state index contributed by atoms with van der Waals surface area (Å²) in [5.41, 5.74) is 0. The average molecular weight is 303 g/mol. The Hall–Kier alpha value is -1.52. The van der Waals surface area contributed by atoms with Crippen LogP contribution in [0.4, 0.5) is 5.13 Å². The highest BCUT2D eigenvalue weighted by Crippen LogP contribution is 2.18. The van der Waals surface area contributed by atoms with E-state index in [1.807, 2.05) is 0 Å². The molecule has 0 bridgehead atoms. The number of sulfonamides is 1. The number of aliphatic hydroxyl groups is 1. The normalized spacial score (nSPS) is 11.7. The van der Waals surface area contributed by atoms with Gasteiger partial charge in [-0.1, -0.05) is 11.3 Å². The molecule has 8 nitrogen and oxygen atoms in total. The molecule has 0 saturated carbocycles. The minimum Gasteiger partial charge on any atom is -0.396 e. The lowest BCUT2D eigenvalue weighted by Gasteiger charge is -2.01. The monoisotopic (exact) mass is 303 g/mol. The Kier molecular flexibility index (Phi) is 4.12. The zero-order valence-electron chi connectivity index (χ0n) is 10.1. The fraction of sp³-hybridized carbons (Fsp3) is 0.444. The molecular weight excluding hydrogens is 290 g/mol. The maximum absolute atomic E-state index is 12.0. The van der Waals surface area contributed by atoms with Crippen LogP contribution in [0.5, 0.6) is 0 Å². The van der Waals surface area contributed by atoms with Crippen LogP contribution in [0.25, 0.3) is 0 Å². The van der Waals surface area contributed by atoms with Gasteiger partial charge in [-0.05, 0) is 13.3 Å². The number of nitrogens with one attached hydrogen (secondary N) is 1. The van der Waals surface area contributed by atoms with Gasteiger partial charge in [0.15, 0.2) is 0 Å². The van der Waals surface area contributed by atoms with E-state index in [0.717, 1.165) is 11.3 Å². The van der Waals surface area contributed by atoms with E-state index in [-0.39, 0.29) is 16.6 Å². The van der Waals surface area contributed by atoms with Crippen molar-refractivity contribution in [2.75, 3.05) is 11.3 Å². The van der Waals surface area contributed by atoms with Gasteiger partial charge in [0.05, 0.1) is 6.20 Å². The molecule has 2 aromatic rings. The molecule has 0 aliphatic carbocycles. The quantitative estimate of drug-likeness (QED) is 0.790. The summed E-state index contributed by atoms with van der Waals surface area (Å²) < 4.78 is 27.9. The van der Waals surface area contributed by atoms with Gasteiger partial charge in [-0.15, -0.1) is 10.2 Å². The van der Waals surface area contributed by atoms with Crippen molar-refractivity contribution in [2.45, 2.75) is 24.8 Å². The maximum atomic E-state index is 12.0. The number of aromatic nitrogens is 4. The van der Waals surface area contributed by atoms with Crippen molar-refractivity contribution in [2.24, 2.45) is 0 Å². The van der Waals surface area contributed by atoms with Crippen molar-refractivity contribution in [1.82, 2.24) is 20.0 Å². The molecule has 2 rings (SSSR count). The van der Waals surface area contributed by atoms with Crippen LogP contribution in [-0.2, 0) is 16.6 Å². The van der Waals surface area contributed by atoms with E-state index in [9.17, 15) is 8.42 Å². The van der Waals surface area contributed by atoms with Crippen LogP contribution in [0.1, 0.15) is 11.4 Å². The predicted octanol–water partition coefficient (Wildman–Crippen LogP) is 0.226. The van der Waals surface area contributed by atoms with Gasteiger partial charge in [0, 0.05) is 19.3 Å². The Morgan fingerprint density at radius 2 is 2.26 bits per heavy atom. The minimum absolute atomic E-state index is 0.0320. The first kappa shape index (κ1) is 13.9. The zero-order chi connectivity index (χ0) is 13.9. The molecule has 10 heteroatoms. The molecule has 2 N–H and O–H groups in total. The average Bonchev–Trinajstić information content (AvgIpc) is 2.95. The molecule has 0 unspecified atom stereocenters. The second-order valence-electron chi connectivity index (χ2n) is 3.75. The van der Waals surface area contributed by atoms with Crippen molar-refractivity contribution in [3.63, 3.8) is 0 Å². The maximum Gasteiger partial charge on any atom is 0.266 e. The molecule has 2 aromatic heterocycles. The SMILES string of the molecule is Cc1nnc(NS(=O)(=O)c2cnn(CCCO)c2)s1. The summed E-state index contributed by atoms with van der Waals surface area (Å²) in [5, 5.41) is 21.0. The smallest absolute Gasteiger partial charge is 0.266 e. The Morgan fingerprint density at radius 3 is 2.89 bits per heavy atom. The fourth-order valence-corrected chi connectivity index (χ4v) is 3.12. The van der Waals surface area contributed by atoms with Crippen LogP contribution in [0.15, 0.2) is 17.3 Å². The van der Waals surface area contributed by atoms with Gasteiger partial charge in [-0.2, -0.15) is 5.10 Å². The molecule has 0 atom stereocenters. The van der Waals surface area contributed by atoms with Crippen LogP contribution in [0.3, 0.4) is 0 Å². The van der Waals surface area contributed by atoms with Gasteiger partial charge in [-0.3, -0.25) is 9.40 Å². The molecule has 0 aliphatic rings. The van der Waals surface area contributed by atoms with Gasteiger partial charge >= 0.3 is 0 Å². The first-order chi connectivity index (χ1) is 9.01. The second-order valence-corrected chi connectivity index (χ2v) is 6.61. The third-order valence-electron chi connectivity index (χ3n) is 2.21. The van der Waals surface area contributed by atoms with Crippen LogP contribution >= 0.6 is 11.3 Å². The van der Waals surface area contributed by atoms with E-state index in [1.54, 1.807) is 6.92 Å². The third-order valence-corrected chi connectivity index (χ3v) is 4.39. The summed E-state index contributed by atoms with van der Waals surface area (Å²) >= 11 is 1.16. The van der Waals surface area contributed by atoms with Crippen molar-refractivity contribution in [3.8, 4) is 0 Å². The molecule has 0 radical (unpaired) electrons. The number of hydrogen-bond acceptors (Lipinski definition) is 7. The van der Waals surface area contributed by atoms with Crippen molar-refractivity contribution in [3.05, 3.63) is 17.4 Å². The third kappa shape index (κ3) is 3.49. The van der Waals surface area contributed by atoms with Gasteiger partial charge < -0.3 is 5.11 Å². The van der Waals surface area contributed by atoms with Crippen LogP contribution < -0.4 is 4.72 Å². The van der Waals surface area contributed by atoms with E-state index in [0.29, 0.717) is 18.0 Å². The highest BCUT2D eigenvalue weighted by molar-refractivity contribution is 7.93. The van der Waals surface area contributed by atoms with Gasteiger partial charge in [0.25, 0.3) is 10.0 Å². The predicted molar refractivity (Wildman–Crippen MR) is 69.4 cm³/mol. The first-order valence-electron chi connectivity index (χ1n) is 5.47. The molecule has 0 aliphatic heterocycles. The van der Waals surface area contributed by atoms with Crippen molar-refractivity contribution in [1.29, 1.82) is 0 Å². The Morgan fingerprint density at radius 1 is 1.47 bits per heavy atom. The van der Waals surface area contributed by atoms with E-state index in [2.05, 4.69) is 20.0 Å². The summed E-state index contributed by atoms with van der Waals surface area (Å²) in [7, 11) is -3.69. The van der Waals surface area contributed by atoms with E-state index in [4.69, 9.17) is 5.11 Å². The molecule has 2 heterocycles. The number of rotatable bonds is 6. The molecule has 0 fully saturated rings. The Balaban J connectivity index is 2.13. The lowest BCUT2D eigenvalue weighted by atomic mass is 10.5. The number of aliphatic hydroxyl groups excluding tert-OH is 1. The lowest BCUT2D eigenvalue weighted by molar-refractivity contribution is 0.277. The molecule has 0 amide bonds. The molecule has 0 spiro atoms. The number of aryl methyl sites for hydroxylation is 2. The molecule has 0 aromatic carbocycles.